The summed E-state index contributed by atoms with van der Waals surface area (Å²) in [6, 6.07) is 15.5. The number of nitrogens with one attached hydrogen (secondary N) is 1. The Kier molecular flexibility index (Phi) is 3.93. The molecule has 0 fully saturated rings. The number of imidazole rings is 2. The molecule has 25 heavy (non-hydrogen) atoms. The SMILES string of the molecule is Cc1c(-c2ccc(Cl)cc2)n(CCc2nc3ccccc3[nH]2)c[n+]1[O-]. The minimum Gasteiger partial charge on any atom is -0.711 e. The van der Waals surface area contributed by atoms with E-state index in [9.17, 15) is 5.21 Å². The van der Waals surface area contributed by atoms with E-state index in [4.69, 9.17) is 11.6 Å². The summed E-state index contributed by atoms with van der Waals surface area (Å²) in [5.74, 6) is 0.909. The number of halogens is 1. The van der Waals surface area contributed by atoms with Crippen LogP contribution in [0.4, 0.5) is 0 Å². The van der Waals surface area contributed by atoms with Crippen molar-refractivity contribution in [1.82, 2.24) is 14.5 Å². The quantitative estimate of drug-likeness (QED) is 0.447. The highest BCUT2D eigenvalue weighted by atomic mass is 35.5. The van der Waals surface area contributed by atoms with Gasteiger partial charge >= 0.3 is 0 Å². The number of rotatable bonds is 4. The van der Waals surface area contributed by atoms with Crippen LogP contribution in [-0.2, 0) is 13.0 Å². The lowest BCUT2D eigenvalue weighted by molar-refractivity contribution is -0.611. The lowest BCUT2D eigenvalue weighted by atomic mass is 10.1. The number of aryl methyl sites for hydroxylation is 2. The fourth-order valence-electron chi connectivity index (χ4n) is 3.09. The lowest BCUT2D eigenvalue weighted by Crippen LogP contribution is -2.26. The molecule has 2 heterocycles. The van der Waals surface area contributed by atoms with E-state index in [1.807, 2.05) is 60.0 Å². The number of hydrogen-bond donors (Lipinski definition) is 1. The van der Waals surface area contributed by atoms with Crippen LogP contribution in [0.25, 0.3) is 22.3 Å². The minimum atomic E-state index is 0.661. The normalized spacial score (nSPS) is 11.3. The van der Waals surface area contributed by atoms with Crippen molar-refractivity contribution < 1.29 is 4.73 Å². The Balaban J connectivity index is 1.64. The second-order valence-corrected chi connectivity index (χ2v) is 6.46. The highest BCUT2D eigenvalue weighted by Crippen LogP contribution is 2.24. The molecule has 0 aliphatic carbocycles. The van der Waals surface area contributed by atoms with E-state index in [2.05, 4.69) is 9.97 Å². The molecule has 0 aliphatic rings. The smallest absolute Gasteiger partial charge is 0.247 e. The van der Waals surface area contributed by atoms with Crippen LogP contribution in [-0.4, -0.2) is 14.5 Å². The Morgan fingerprint density at radius 2 is 1.92 bits per heavy atom. The molecule has 5 nitrogen and oxygen atoms in total. The van der Waals surface area contributed by atoms with E-state index in [-0.39, 0.29) is 0 Å². The molecule has 0 bridgehead atoms. The molecule has 0 unspecified atom stereocenters. The standard InChI is InChI=1S/C19H17ClN4O/c1-13-19(14-6-8-15(20)9-7-14)23(12-24(13)25)11-10-18-21-16-4-2-3-5-17(16)22-18/h2-9,12H,10-11H2,1H3,(H,21,22). The van der Waals surface area contributed by atoms with Gasteiger partial charge in [0.25, 0.3) is 0 Å². The fourth-order valence-corrected chi connectivity index (χ4v) is 3.21. The van der Waals surface area contributed by atoms with E-state index >= 15 is 0 Å². The first-order chi connectivity index (χ1) is 12.1. The van der Waals surface area contributed by atoms with Crippen LogP contribution in [0.15, 0.2) is 54.9 Å². The summed E-state index contributed by atoms with van der Waals surface area (Å²) in [4.78, 5) is 7.93. The van der Waals surface area contributed by atoms with Crippen molar-refractivity contribution >= 4 is 22.6 Å². The van der Waals surface area contributed by atoms with Gasteiger partial charge in [-0.25, -0.2) is 14.3 Å². The van der Waals surface area contributed by atoms with Crippen LogP contribution in [0.2, 0.25) is 5.02 Å². The van der Waals surface area contributed by atoms with Gasteiger partial charge in [0.1, 0.15) is 5.82 Å². The predicted molar refractivity (Wildman–Crippen MR) is 98.4 cm³/mol. The van der Waals surface area contributed by atoms with Crippen LogP contribution in [0.1, 0.15) is 11.5 Å². The molecule has 4 rings (SSSR count). The van der Waals surface area contributed by atoms with Gasteiger partial charge in [0, 0.05) is 23.9 Å². The second-order valence-electron chi connectivity index (χ2n) is 6.03. The van der Waals surface area contributed by atoms with Gasteiger partial charge in [-0.15, -0.1) is 0 Å². The van der Waals surface area contributed by atoms with Crippen molar-refractivity contribution in [1.29, 1.82) is 0 Å². The topological polar surface area (TPSA) is 60.5 Å². The van der Waals surface area contributed by atoms with Gasteiger partial charge < -0.3 is 10.2 Å². The van der Waals surface area contributed by atoms with Crippen LogP contribution < -0.4 is 4.73 Å². The average Bonchev–Trinajstić information content (AvgIpc) is 3.15. The number of aromatic nitrogens is 4. The molecular formula is C19H17ClN4O. The Labute approximate surface area is 150 Å². The maximum Gasteiger partial charge on any atom is 0.247 e. The molecule has 0 saturated heterocycles. The van der Waals surface area contributed by atoms with Crippen molar-refractivity contribution in [3.05, 3.63) is 76.6 Å². The van der Waals surface area contributed by atoms with Gasteiger partial charge in [0.2, 0.25) is 6.33 Å². The maximum atomic E-state index is 12.1. The van der Waals surface area contributed by atoms with Crippen LogP contribution in [0.3, 0.4) is 0 Å². The van der Waals surface area contributed by atoms with Gasteiger partial charge in [-0.2, -0.15) is 0 Å². The summed E-state index contributed by atoms with van der Waals surface area (Å²) in [6.07, 6.45) is 2.30. The zero-order chi connectivity index (χ0) is 17.4. The number of para-hydroxylation sites is 2. The Hall–Kier alpha value is -2.79. The molecular weight excluding hydrogens is 336 g/mol. The van der Waals surface area contributed by atoms with Crippen LogP contribution in [0, 0.1) is 12.1 Å². The molecule has 0 radical (unpaired) electrons. The summed E-state index contributed by atoms with van der Waals surface area (Å²) in [6.45, 7) is 2.49. The zero-order valence-corrected chi connectivity index (χ0v) is 14.5. The first-order valence-electron chi connectivity index (χ1n) is 8.10. The molecule has 0 spiro atoms. The number of benzene rings is 2. The Morgan fingerprint density at radius 1 is 1.16 bits per heavy atom. The van der Waals surface area contributed by atoms with Crippen LogP contribution >= 0.6 is 11.6 Å². The Morgan fingerprint density at radius 3 is 2.68 bits per heavy atom. The molecule has 0 aliphatic heterocycles. The summed E-state index contributed by atoms with van der Waals surface area (Å²) in [7, 11) is 0. The van der Waals surface area contributed by atoms with Crippen molar-refractivity contribution in [2.75, 3.05) is 0 Å². The third-order valence-corrected chi connectivity index (χ3v) is 4.60. The highest BCUT2D eigenvalue weighted by Gasteiger charge is 2.19. The van der Waals surface area contributed by atoms with E-state index in [1.165, 1.54) is 0 Å². The van der Waals surface area contributed by atoms with Crippen molar-refractivity contribution in [3.63, 3.8) is 0 Å². The van der Waals surface area contributed by atoms with Gasteiger partial charge in [-0.3, -0.25) is 0 Å². The van der Waals surface area contributed by atoms with Crippen LogP contribution in [0.5, 0.6) is 0 Å². The summed E-state index contributed by atoms with van der Waals surface area (Å²) < 4.78 is 2.88. The molecule has 126 valence electrons. The number of H-pyrrole nitrogens is 1. The molecule has 2 aromatic carbocycles. The van der Waals surface area contributed by atoms with E-state index < -0.39 is 0 Å². The lowest BCUT2D eigenvalue weighted by Gasteiger charge is -2.03. The molecule has 0 amide bonds. The Bertz CT molecular complexity index is 1000. The average molecular weight is 353 g/mol. The number of aromatic amines is 1. The van der Waals surface area contributed by atoms with Gasteiger partial charge in [0.05, 0.1) is 17.6 Å². The third-order valence-electron chi connectivity index (χ3n) is 4.35. The largest absolute Gasteiger partial charge is 0.711 e. The van der Waals surface area contributed by atoms with Gasteiger partial charge in [0.15, 0.2) is 11.4 Å². The number of fused-ring (bicyclic) bond motifs is 1. The summed E-state index contributed by atoms with van der Waals surface area (Å²) in [5.41, 5.74) is 4.53. The van der Waals surface area contributed by atoms with Crippen molar-refractivity contribution in [2.24, 2.45) is 0 Å². The number of hydrogen-bond acceptors (Lipinski definition) is 2. The monoisotopic (exact) mass is 352 g/mol. The van der Waals surface area contributed by atoms with Crippen molar-refractivity contribution in [2.45, 2.75) is 19.9 Å². The molecule has 6 heteroatoms. The molecule has 0 saturated carbocycles. The number of nitrogens with zero attached hydrogens (tertiary/aromatic N) is 3. The van der Waals surface area contributed by atoms with Gasteiger partial charge in [-0.05, 0) is 36.4 Å². The molecule has 2 aromatic heterocycles. The minimum absolute atomic E-state index is 0.661. The maximum absolute atomic E-state index is 12.1. The summed E-state index contributed by atoms with van der Waals surface area (Å²) in [5, 5.41) is 12.8. The molecule has 1 N–H and O–H groups in total. The third kappa shape index (κ3) is 2.98. The molecule has 4 aromatic rings. The predicted octanol–water partition coefficient (Wildman–Crippen LogP) is 3.87. The van der Waals surface area contributed by atoms with E-state index in [1.54, 1.807) is 6.33 Å². The fraction of sp³-hybridized carbons (Fsp3) is 0.158. The van der Waals surface area contributed by atoms with Gasteiger partial charge in [-0.1, -0.05) is 23.7 Å². The second kappa shape index (κ2) is 6.26. The molecule has 0 atom stereocenters. The highest BCUT2D eigenvalue weighted by molar-refractivity contribution is 6.30. The first-order valence-corrected chi connectivity index (χ1v) is 8.48. The van der Waals surface area contributed by atoms with E-state index in [0.29, 0.717) is 23.7 Å². The summed E-state index contributed by atoms with van der Waals surface area (Å²) >= 11 is 5.98. The van der Waals surface area contributed by atoms with Crippen molar-refractivity contribution in [3.8, 4) is 11.3 Å². The first kappa shape index (κ1) is 15.7. The zero-order valence-electron chi connectivity index (χ0n) is 13.7. The van der Waals surface area contributed by atoms with E-state index in [0.717, 1.165) is 32.8 Å².